The molecule has 7 nitrogen and oxygen atoms in total. The smallest absolute Gasteiger partial charge is 0.311 e. The molecule has 30 heavy (non-hydrogen) atoms. The summed E-state index contributed by atoms with van der Waals surface area (Å²) in [5.74, 6) is 0.634. The number of rotatable bonds is 13. The maximum atomic E-state index is 12.2. The Morgan fingerprint density at radius 1 is 0.867 bits per heavy atom. The van der Waals surface area contributed by atoms with Crippen LogP contribution in [0.15, 0.2) is 46.6 Å². The van der Waals surface area contributed by atoms with Gasteiger partial charge in [0, 0.05) is 6.42 Å². The van der Waals surface area contributed by atoms with Gasteiger partial charge in [-0.25, -0.2) is 4.98 Å². The molecule has 0 bridgehead atoms. The zero-order valence-corrected chi connectivity index (χ0v) is 17.8. The maximum Gasteiger partial charge on any atom is 0.311 e. The lowest BCUT2D eigenvalue weighted by atomic mass is 10.1. The minimum atomic E-state index is -0.255. The number of para-hydroxylation sites is 1. The third-order valence-corrected chi connectivity index (χ3v) is 4.76. The predicted octanol–water partition coefficient (Wildman–Crippen LogP) is 6.49. The number of hydrogen-bond donors (Lipinski definition) is 2. The van der Waals surface area contributed by atoms with Gasteiger partial charge in [-0.15, -0.1) is 10.2 Å². The van der Waals surface area contributed by atoms with Crippen LogP contribution in [0.1, 0.15) is 71.1 Å². The summed E-state index contributed by atoms with van der Waals surface area (Å²) in [5, 5.41) is 8.26. The second-order valence-corrected chi connectivity index (χ2v) is 7.36. The van der Waals surface area contributed by atoms with Crippen LogP contribution in [0.3, 0.4) is 0 Å². The quantitative estimate of drug-likeness (QED) is 0.169. The first-order valence-corrected chi connectivity index (χ1v) is 10.8. The predicted molar refractivity (Wildman–Crippen MR) is 121 cm³/mol. The fraction of sp³-hybridized carbons (Fsp3) is 0.478. The third kappa shape index (κ3) is 8.59. The van der Waals surface area contributed by atoms with Gasteiger partial charge in [0.25, 0.3) is 0 Å². The van der Waals surface area contributed by atoms with E-state index in [4.69, 9.17) is 16.2 Å². The molecule has 2 aromatic rings. The van der Waals surface area contributed by atoms with Crippen LogP contribution >= 0.6 is 0 Å². The first-order chi connectivity index (χ1) is 14.6. The van der Waals surface area contributed by atoms with Gasteiger partial charge in [-0.1, -0.05) is 70.4 Å². The molecule has 0 aliphatic rings. The van der Waals surface area contributed by atoms with E-state index in [-0.39, 0.29) is 11.8 Å². The SMILES string of the molecule is CCCCCCCCCCCC(=O)Oc1ccccc1N=Nc1ccc(N)nc1N. The summed E-state index contributed by atoms with van der Waals surface area (Å²) < 4.78 is 5.50. The number of nitrogens with two attached hydrogens (primary N) is 2. The van der Waals surface area contributed by atoms with Crippen LogP contribution in [0.2, 0.25) is 0 Å². The molecule has 0 spiro atoms. The van der Waals surface area contributed by atoms with Crippen molar-refractivity contribution in [1.82, 2.24) is 4.98 Å². The number of pyridine rings is 1. The Morgan fingerprint density at radius 3 is 2.20 bits per heavy atom. The molecule has 0 atom stereocenters. The summed E-state index contributed by atoms with van der Waals surface area (Å²) >= 11 is 0. The van der Waals surface area contributed by atoms with Crippen LogP contribution in [0.25, 0.3) is 0 Å². The van der Waals surface area contributed by atoms with Crippen LogP contribution < -0.4 is 16.2 Å². The number of hydrogen-bond acceptors (Lipinski definition) is 7. The zero-order chi connectivity index (χ0) is 21.6. The van der Waals surface area contributed by atoms with Crippen molar-refractivity contribution in [1.29, 1.82) is 0 Å². The first kappa shape index (κ1) is 23.3. The van der Waals surface area contributed by atoms with Gasteiger partial charge in [-0.05, 0) is 30.7 Å². The largest absolute Gasteiger partial charge is 0.424 e. The molecular weight excluding hydrogens is 378 g/mol. The Bertz CT molecular complexity index is 823. The molecule has 0 saturated carbocycles. The monoisotopic (exact) mass is 411 g/mol. The van der Waals surface area contributed by atoms with Crippen molar-refractivity contribution < 1.29 is 9.53 Å². The fourth-order valence-corrected chi connectivity index (χ4v) is 3.06. The third-order valence-electron chi connectivity index (χ3n) is 4.76. The average Bonchev–Trinajstić information content (AvgIpc) is 2.73. The molecule has 7 heteroatoms. The van der Waals surface area contributed by atoms with Crippen molar-refractivity contribution in [2.75, 3.05) is 11.5 Å². The number of azo groups is 1. The number of anilines is 2. The van der Waals surface area contributed by atoms with E-state index in [1.54, 1.807) is 36.4 Å². The Morgan fingerprint density at radius 2 is 1.50 bits per heavy atom. The van der Waals surface area contributed by atoms with Gasteiger partial charge >= 0.3 is 5.97 Å². The minimum absolute atomic E-state index is 0.193. The number of nitrogens with zero attached hydrogens (tertiary/aromatic N) is 3. The molecule has 0 aliphatic heterocycles. The summed E-state index contributed by atoms with van der Waals surface area (Å²) in [6.07, 6.45) is 11.2. The molecule has 0 radical (unpaired) electrons. The Kier molecular flexibility index (Phi) is 10.3. The summed E-state index contributed by atoms with van der Waals surface area (Å²) in [6, 6.07) is 10.3. The number of aromatic nitrogens is 1. The number of nitrogen functional groups attached to an aromatic ring is 2. The Labute approximate surface area is 178 Å². The molecule has 0 unspecified atom stereocenters. The van der Waals surface area contributed by atoms with E-state index >= 15 is 0 Å². The number of carbonyl (C=O) groups is 1. The van der Waals surface area contributed by atoms with Gasteiger partial charge in [-0.2, -0.15) is 0 Å². The number of esters is 1. The van der Waals surface area contributed by atoms with Crippen molar-refractivity contribution in [3.8, 4) is 5.75 Å². The lowest BCUT2D eigenvalue weighted by molar-refractivity contribution is -0.134. The average molecular weight is 412 g/mol. The lowest BCUT2D eigenvalue weighted by Gasteiger charge is -2.07. The molecule has 0 aliphatic carbocycles. The van der Waals surface area contributed by atoms with E-state index < -0.39 is 0 Å². The molecular formula is C23H33N5O2. The van der Waals surface area contributed by atoms with E-state index in [2.05, 4.69) is 22.1 Å². The highest BCUT2D eigenvalue weighted by Gasteiger charge is 2.09. The van der Waals surface area contributed by atoms with Crippen molar-refractivity contribution in [3.63, 3.8) is 0 Å². The van der Waals surface area contributed by atoms with Crippen LogP contribution in [0, 0.1) is 0 Å². The second-order valence-electron chi connectivity index (χ2n) is 7.36. The van der Waals surface area contributed by atoms with E-state index in [0.29, 0.717) is 29.4 Å². The van der Waals surface area contributed by atoms with Crippen LogP contribution in [0.4, 0.5) is 23.0 Å². The maximum absolute atomic E-state index is 12.2. The standard InChI is InChI=1S/C23H33N5O2/c1-2-3-4-5-6-7-8-9-10-15-22(29)30-20-14-12-11-13-18(20)27-28-19-16-17-21(24)26-23(19)25/h11-14,16-17H,2-10,15H2,1H3,(H4,24,25,26). The van der Waals surface area contributed by atoms with Crippen LogP contribution in [-0.4, -0.2) is 11.0 Å². The molecule has 4 N–H and O–H groups in total. The molecule has 1 heterocycles. The highest BCUT2D eigenvalue weighted by molar-refractivity contribution is 5.74. The van der Waals surface area contributed by atoms with Gasteiger partial charge in [-0.3, -0.25) is 4.79 Å². The number of ether oxygens (including phenoxy) is 1. The van der Waals surface area contributed by atoms with E-state index in [1.165, 1.54) is 44.9 Å². The summed E-state index contributed by atoms with van der Waals surface area (Å²) in [7, 11) is 0. The normalized spacial score (nSPS) is 11.1. The zero-order valence-electron chi connectivity index (χ0n) is 17.8. The Hall–Kier alpha value is -2.96. The van der Waals surface area contributed by atoms with Gasteiger partial charge in [0.05, 0.1) is 0 Å². The number of carbonyl (C=O) groups excluding carboxylic acids is 1. The molecule has 162 valence electrons. The van der Waals surface area contributed by atoms with Crippen molar-refractivity contribution in [3.05, 3.63) is 36.4 Å². The molecule has 0 saturated heterocycles. The van der Waals surface area contributed by atoms with Crippen molar-refractivity contribution in [2.24, 2.45) is 10.2 Å². The topological polar surface area (TPSA) is 116 Å². The number of benzene rings is 1. The van der Waals surface area contributed by atoms with E-state index in [0.717, 1.165) is 12.8 Å². The van der Waals surface area contributed by atoms with Crippen molar-refractivity contribution >= 4 is 29.0 Å². The Balaban J connectivity index is 1.77. The minimum Gasteiger partial charge on any atom is -0.424 e. The van der Waals surface area contributed by atoms with Gasteiger partial charge < -0.3 is 16.2 Å². The van der Waals surface area contributed by atoms with E-state index in [9.17, 15) is 4.79 Å². The second kappa shape index (κ2) is 13.3. The van der Waals surface area contributed by atoms with Crippen molar-refractivity contribution in [2.45, 2.75) is 71.1 Å². The summed E-state index contributed by atoms with van der Waals surface area (Å²) in [5.41, 5.74) is 12.2. The summed E-state index contributed by atoms with van der Waals surface area (Å²) in [4.78, 5) is 16.1. The number of unbranched alkanes of at least 4 members (excludes halogenated alkanes) is 8. The van der Waals surface area contributed by atoms with Gasteiger partial charge in [0.1, 0.15) is 17.2 Å². The van der Waals surface area contributed by atoms with E-state index in [1.807, 2.05) is 0 Å². The van der Waals surface area contributed by atoms with Crippen LogP contribution in [-0.2, 0) is 4.79 Å². The lowest BCUT2D eigenvalue weighted by Crippen LogP contribution is -2.07. The fourth-order valence-electron chi connectivity index (χ4n) is 3.06. The van der Waals surface area contributed by atoms with Crippen LogP contribution in [0.5, 0.6) is 5.75 Å². The van der Waals surface area contributed by atoms with Gasteiger partial charge in [0.2, 0.25) is 0 Å². The molecule has 1 aromatic heterocycles. The molecule has 1 aromatic carbocycles. The molecule has 2 rings (SSSR count). The summed E-state index contributed by atoms with van der Waals surface area (Å²) in [6.45, 7) is 2.23. The van der Waals surface area contributed by atoms with Gasteiger partial charge in [0.15, 0.2) is 11.6 Å². The highest BCUT2D eigenvalue weighted by Crippen LogP contribution is 2.30. The molecule has 0 amide bonds. The molecule has 0 fully saturated rings. The highest BCUT2D eigenvalue weighted by atomic mass is 16.5. The first-order valence-electron chi connectivity index (χ1n) is 10.8.